The highest BCUT2D eigenvalue weighted by Crippen LogP contribution is 2.35. The van der Waals surface area contributed by atoms with Crippen molar-refractivity contribution in [3.63, 3.8) is 0 Å². The van der Waals surface area contributed by atoms with Gasteiger partial charge in [-0.2, -0.15) is 0 Å². The van der Waals surface area contributed by atoms with E-state index in [9.17, 15) is 9.59 Å². The Kier molecular flexibility index (Phi) is 9.27. The second-order valence-corrected chi connectivity index (χ2v) is 7.52. The van der Waals surface area contributed by atoms with Crippen molar-refractivity contribution in [3.05, 3.63) is 0 Å². The second kappa shape index (κ2) is 10.7. The lowest BCUT2D eigenvalue weighted by Crippen LogP contribution is -2.35. The van der Waals surface area contributed by atoms with E-state index in [1.165, 1.54) is 12.8 Å². The van der Waals surface area contributed by atoms with Crippen LogP contribution in [0, 0.1) is 17.8 Å². The molecule has 1 aliphatic rings. The van der Waals surface area contributed by atoms with Gasteiger partial charge in [-0.25, -0.2) is 0 Å². The van der Waals surface area contributed by atoms with Crippen LogP contribution in [0.4, 0.5) is 0 Å². The van der Waals surface area contributed by atoms with Gasteiger partial charge in [-0.1, -0.05) is 46.5 Å². The summed E-state index contributed by atoms with van der Waals surface area (Å²) in [6, 6.07) is 0. The first-order chi connectivity index (χ1) is 10.9. The van der Waals surface area contributed by atoms with Crippen LogP contribution in [0.1, 0.15) is 85.0 Å². The van der Waals surface area contributed by atoms with Crippen LogP contribution < -0.4 is 0 Å². The van der Waals surface area contributed by atoms with Crippen LogP contribution >= 0.6 is 0 Å². The maximum absolute atomic E-state index is 12.1. The standard InChI is InChI=1S/C19H34O4/c1-14(2)16-12-11-15(3)13-17(16)23-19(22)10-8-6-4-5-7-9-18(20)21/h14-17H,4-13H2,1-3H3,(H,20,21). The van der Waals surface area contributed by atoms with Gasteiger partial charge in [-0.15, -0.1) is 0 Å². The fourth-order valence-electron chi connectivity index (χ4n) is 3.55. The quantitative estimate of drug-likeness (QED) is 0.462. The summed E-state index contributed by atoms with van der Waals surface area (Å²) in [6.45, 7) is 6.69. The molecule has 0 aromatic carbocycles. The minimum Gasteiger partial charge on any atom is -0.481 e. The zero-order valence-electron chi connectivity index (χ0n) is 15.1. The van der Waals surface area contributed by atoms with Crippen molar-refractivity contribution in [3.8, 4) is 0 Å². The molecule has 0 aromatic rings. The predicted octanol–water partition coefficient (Wildman–Crippen LogP) is 4.81. The number of carbonyl (C=O) groups excluding carboxylic acids is 1. The van der Waals surface area contributed by atoms with E-state index < -0.39 is 5.97 Å². The molecule has 0 heterocycles. The average molecular weight is 326 g/mol. The minimum absolute atomic E-state index is 0.0553. The molecule has 0 amide bonds. The Labute approximate surface area is 141 Å². The highest BCUT2D eigenvalue weighted by atomic mass is 16.5. The molecule has 4 nitrogen and oxygen atoms in total. The first-order valence-electron chi connectivity index (χ1n) is 9.31. The zero-order chi connectivity index (χ0) is 17.2. The molecule has 0 saturated heterocycles. The number of hydrogen-bond donors (Lipinski definition) is 1. The molecule has 3 atom stereocenters. The number of ether oxygens (including phenoxy) is 1. The van der Waals surface area contributed by atoms with E-state index in [1.54, 1.807) is 0 Å². The largest absolute Gasteiger partial charge is 0.481 e. The van der Waals surface area contributed by atoms with Gasteiger partial charge < -0.3 is 9.84 Å². The van der Waals surface area contributed by atoms with Crippen LogP contribution in [0.25, 0.3) is 0 Å². The molecule has 0 radical (unpaired) electrons. The van der Waals surface area contributed by atoms with Crippen molar-refractivity contribution in [2.75, 3.05) is 0 Å². The van der Waals surface area contributed by atoms with Crippen LogP contribution in [0.5, 0.6) is 0 Å². The minimum atomic E-state index is -0.727. The lowest BCUT2D eigenvalue weighted by molar-refractivity contribution is -0.156. The molecule has 1 rings (SSSR count). The fourth-order valence-corrected chi connectivity index (χ4v) is 3.55. The summed E-state index contributed by atoms with van der Waals surface area (Å²) in [7, 11) is 0. The van der Waals surface area contributed by atoms with E-state index >= 15 is 0 Å². The third-order valence-corrected chi connectivity index (χ3v) is 5.02. The summed E-state index contributed by atoms with van der Waals surface area (Å²) in [5.74, 6) is 0.938. The van der Waals surface area contributed by atoms with E-state index in [1.807, 2.05) is 0 Å². The molecule has 0 spiro atoms. The zero-order valence-corrected chi connectivity index (χ0v) is 15.1. The van der Waals surface area contributed by atoms with Gasteiger partial charge in [0.2, 0.25) is 0 Å². The molecule has 134 valence electrons. The van der Waals surface area contributed by atoms with Crippen molar-refractivity contribution in [2.45, 2.75) is 91.1 Å². The Bertz CT molecular complexity index is 364. The van der Waals surface area contributed by atoms with Gasteiger partial charge in [0.05, 0.1) is 0 Å². The van der Waals surface area contributed by atoms with Crippen LogP contribution in [0.3, 0.4) is 0 Å². The van der Waals surface area contributed by atoms with Crippen molar-refractivity contribution in [1.82, 2.24) is 0 Å². The third kappa shape index (κ3) is 8.38. The van der Waals surface area contributed by atoms with Crippen molar-refractivity contribution >= 4 is 11.9 Å². The summed E-state index contributed by atoms with van der Waals surface area (Å²) in [5.41, 5.74) is 0. The molecular formula is C19H34O4. The molecule has 0 aromatic heterocycles. The fraction of sp³-hybridized carbons (Fsp3) is 0.895. The van der Waals surface area contributed by atoms with E-state index in [2.05, 4.69) is 20.8 Å². The first-order valence-corrected chi connectivity index (χ1v) is 9.31. The predicted molar refractivity (Wildman–Crippen MR) is 91.2 cm³/mol. The summed E-state index contributed by atoms with van der Waals surface area (Å²) in [4.78, 5) is 22.5. The number of unbranched alkanes of at least 4 members (excludes halogenated alkanes) is 4. The number of hydrogen-bond acceptors (Lipinski definition) is 3. The van der Waals surface area contributed by atoms with Crippen LogP contribution in [0.2, 0.25) is 0 Å². The Hall–Kier alpha value is -1.06. The van der Waals surface area contributed by atoms with E-state index in [4.69, 9.17) is 9.84 Å². The average Bonchev–Trinajstić information content (AvgIpc) is 2.45. The summed E-state index contributed by atoms with van der Waals surface area (Å²) >= 11 is 0. The number of carbonyl (C=O) groups is 2. The number of aliphatic carboxylic acids is 1. The molecule has 1 N–H and O–H groups in total. The number of carboxylic acids is 1. The van der Waals surface area contributed by atoms with Crippen LogP contribution in [-0.2, 0) is 14.3 Å². The summed E-state index contributed by atoms with van der Waals surface area (Å²) in [5, 5.41) is 8.56. The van der Waals surface area contributed by atoms with E-state index in [0.29, 0.717) is 24.2 Å². The van der Waals surface area contributed by atoms with Crippen molar-refractivity contribution < 1.29 is 19.4 Å². The maximum atomic E-state index is 12.1. The van der Waals surface area contributed by atoms with Crippen LogP contribution in [-0.4, -0.2) is 23.1 Å². The van der Waals surface area contributed by atoms with E-state index in [0.717, 1.165) is 38.5 Å². The van der Waals surface area contributed by atoms with Crippen molar-refractivity contribution in [2.24, 2.45) is 17.8 Å². The maximum Gasteiger partial charge on any atom is 0.306 e. The van der Waals surface area contributed by atoms with Crippen LogP contribution in [0.15, 0.2) is 0 Å². The molecule has 1 saturated carbocycles. The highest BCUT2D eigenvalue weighted by Gasteiger charge is 2.33. The Morgan fingerprint density at radius 2 is 1.65 bits per heavy atom. The van der Waals surface area contributed by atoms with Gasteiger partial charge in [0.15, 0.2) is 0 Å². The normalized spacial score (nSPS) is 24.6. The summed E-state index contributed by atoms with van der Waals surface area (Å²) < 4.78 is 5.78. The lowest BCUT2D eigenvalue weighted by atomic mass is 9.75. The smallest absolute Gasteiger partial charge is 0.306 e. The van der Waals surface area contributed by atoms with E-state index in [-0.39, 0.29) is 18.5 Å². The molecule has 3 unspecified atom stereocenters. The summed E-state index contributed by atoms with van der Waals surface area (Å²) in [6.07, 6.45) is 8.73. The van der Waals surface area contributed by atoms with Gasteiger partial charge >= 0.3 is 11.9 Å². The topological polar surface area (TPSA) is 63.6 Å². The van der Waals surface area contributed by atoms with Gasteiger partial charge in [0.1, 0.15) is 6.10 Å². The molecule has 1 fully saturated rings. The molecule has 1 aliphatic carbocycles. The molecule has 0 bridgehead atoms. The van der Waals surface area contributed by atoms with Gasteiger partial charge in [-0.05, 0) is 43.4 Å². The Morgan fingerprint density at radius 1 is 1.04 bits per heavy atom. The highest BCUT2D eigenvalue weighted by molar-refractivity contribution is 5.69. The first kappa shape index (κ1) is 20.0. The van der Waals surface area contributed by atoms with Crippen molar-refractivity contribution in [1.29, 1.82) is 0 Å². The van der Waals surface area contributed by atoms with Gasteiger partial charge in [0, 0.05) is 12.8 Å². The Balaban J connectivity index is 2.18. The second-order valence-electron chi connectivity index (χ2n) is 7.52. The molecule has 4 heteroatoms. The third-order valence-electron chi connectivity index (χ3n) is 5.02. The lowest BCUT2D eigenvalue weighted by Gasteiger charge is -2.36. The molecule has 23 heavy (non-hydrogen) atoms. The number of carboxylic acid groups (broad SMARTS) is 1. The Morgan fingerprint density at radius 3 is 2.26 bits per heavy atom. The number of esters is 1. The van der Waals surface area contributed by atoms with Gasteiger partial charge in [0.25, 0.3) is 0 Å². The molecule has 0 aliphatic heterocycles. The molecular weight excluding hydrogens is 292 g/mol. The SMILES string of the molecule is CC1CCC(C(C)C)C(OC(=O)CCCCCCCC(=O)O)C1. The monoisotopic (exact) mass is 326 g/mol. The van der Waals surface area contributed by atoms with Gasteiger partial charge in [-0.3, -0.25) is 9.59 Å². The number of rotatable bonds is 10.